The van der Waals surface area contributed by atoms with Gasteiger partial charge in [0.05, 0.1) is 13.7 Å². The number of ether oxygens (including phenoxy) is 2. The second-order valence-corrected chi connectivity index (χ2v) is 3.75. The molecule has 0 spiro atoms. The topological polar surface area (TPSA) is 38.8 Å². The minimum absolute atomic E-state index is 0.0154. The maximum absolute atomic E-state index is 11.7. The van der Waals surface area contributed by atoms with Crippen molar-refractivity contribution in [2.24, 2.45) is 0 Å². The Labute approximate surface area is 100 Å². The molecule has 1 saturated heterocycles. The molecule has 1 fully saturated rings. The predicted octanol–water partition coefficient (Wildman–Crippen LogP) is 1.52. The summed E-state index contributed by atoms with van der Waals surface area (Å²) in [6.45, 7) is 1.69. The van der Waals surface area contributed by atoms with Gasteiger partial charge >= 0.3 is 0 Å². The molecule has 0 bridgehead atoms. The van der Waals surface area contributed by atoms with Crippen LogP contribution in [0.2, 0.25) is 0 Å². The number of carbonyl (C=O) groups is 1. The van der Waals surface area contributed by atoms with Crippen LogP contribution < -0.4 is 4.74 Å². The third-order valence-corrected chi connectivity index (χ3v) is 2.60. The number of hydrogen-bond acceptors (Lipinski definition) is 3. The Bertz CT molecular complexity index is 405. The monoisotopic (exact) mass is 233 g/mol. The molecule has 1 aromatic rings. The summed E-state index contributed by atoms with van der Waals surface area (Å²) in [5, 5.41) is 0. The number of hydrogen-bond donors (Lipinski definition) is 0. The van der Waals surface area contributed by atoms with Gasteiger partial charge in [-0.25, -0.2) is 0 Å². The average molecular weight is 233 g/mol. The number of amides is 1. The summed E-state index contributed by atoms with van der Waals surface area (Å²) in [5.74, 6) is 0.791. The van der Waals surface area contributed by atoms with E-state index in [9.17, 15) is 4.79 Å². The van der Waals surface area contributed by atoms with E-state index in [1.807, 2.05) is 24.3 Å². The highest BCUT2D eigenvalue weighted by Gasteiger charge is 2.15. The van der Waals surface area contributed by atoms with Crippen LogP contribution in [-0.4, -0.2) is 37.8 Å². The molecule has 0 aromatic heterocycles. The van der Waals surface area contributed by atoms with Crippen LogP contribution in [0.5, 0.6) is 5.75 Å². The minimum Gasteiger partial charge on any atom is -0.497 e. The summed E-state index contributed by atoms with van der Waals surface area (Å²) in [4.78, 5) is 13.3. The molecule has 1 amide bonds. The second kappa shape index (κ2) is 5.50. The van der Waals surface area contributed by atoms with Crippen molar-refractivity contribution in [1.82, 2.24) is 4.90 Å². The van der Waals surface area contributed by atoms with Crippen LogP contribution in [-0.2, 0) is 9.53 Å². The molecular formula is C13H15NO3. The molecule has 2 rings (SSSR count). The van der Waals surface area contributed by atoms with Gasteiger partial charge in [-0.1, -0.05) is 12.1 Å². The largest absolute Gasteiger partial charge is 0.497 e. The lowest BCUT2D eigenvalue weighted by molar-refractivity contribution is -0.126. The summed E-state index contributed by atoms with van der Waals surface area (Å²) >= 11 is 0. The summed E-state index contributed by atoms with van der Waals surface area (Å²) in [7, 11) is 1.63. The van der Waals surface area contributed by atoms with Crippen molar-refractivity contribution in [1.29, 1.82) is 0 Å². The molecule has 17 heavy (non-hydrogen) atoms. The first kappa shape index (κ1) is 11.7. The Morgan fingerprint density at radius 1 is 1.41 bits per heavy atom. The van der Waals surface area contributed by atoms with Crippen LogP contribution in [0, 0.1) is 0 Å². The highest BCUT2D eigenvalue weighted by Crippen LogP contribution is 2.12. The van der Waals surface area contributed by atoms with Crippen LogP contribution in [0.3, 0.4) is 0 Å². The van der Waals surface area contributed by atoms with Gasteiger partial charge in [0.25, 0.3) is 0 Å². The maximum atomic E-state index is 11.7. The summed E-state index contributed by atoms with van der Waals surface area (Å²) < 4.78 is 10.2. The zero-order chi connectivity index (χ0) is 12.1. The Kier molecular flexibility index (Phi) is 3.77. The second-order valence-electron chi connectivity index (χ2n) is 3.75. The number of nitrogens with zero attached hydrogens (tertiary/aromatic N) is 1. The predicted molar refractivity (Wildman–Crippen MR) is 64.6 cm³/mol. The van der Waals surface area contributed by atoms with E-state index in [4.69, 9.17) is 9.47 Å². The van der Waals surface area contributed by atoms with Crippen molar-refractivity contribution < 1.29 is 14.3 Å². The van der Waals surface area contributed by atoms with E-state index in [0.29, 0.717) is 19.9 Å². The van der Waals surface area contributed by atoms with E-state index in [-0.39, 0.29) is 5.91 Å². The molecule has 4 heteroatoms. The van der Waals surface area contributed by atoms with Crippen molar-refractivity contribution in [2.45, 2.75) is 0 Å². The molecule has 0 unspecified atom stereocenters. The first-order valence-electron chi connectivity index (χ1n) is 5.48. The van der Waals surface area contributed by atoms with Crippen LogP contribution in [0.1, 0.15) is 5.56 Å². The summed E-state index contributed by atoms with van der Waals surface area (Å²) in [6, 6.07) is 7.54. The Morgan fingerprint density at radius 2 is 2.18 bits per heavy atom. The molecule has 4 nitrogen and oxygen atoms in total. The van der Waals surface area contributed by atoms with Crippen molar-refractivity contribution in [3.8, 4) is 5.75 Å². The van der Waals surface area contributed by atoms with Gasteiger partial charge in [-0.2, -0.15) is 0 Å². The van der Waals surface area contributed by atoms with Crippen LogP contribution in [0.4, 0.5) is 0 Å². The molecule has 1 heterocycles. The normalized spacial score (nSPS) is 15.5. The molecule has 0 atom stereocenters. The Balaban J connectivity index is 1.96. The number of carbonyl (C=O) groups excluding carboxylic acids is 1. The lowest BCUT2D eigenvalue weighted by atomic mass is 10.2. The van der Waals surface area contributed by atoms with Gasteiger partial charge in [0.1, 0.15) is 12.5 Å². The zero-order valence-corrected chi connectivity index (χ0v) is 9.76. The first-order valence-corrected chi connectivity index (χ1v) is 5.48. The van der Waals surface area contributed by atoms with E-state index in [1.54, 1.807) is 24.2 Å². The van der Waals surface area contributed by atoms with Crippen LogP contribution in [0.15, 0.2) is 30.3 Å². The number of methoxy groups -OCH3 is 1. The SMILES string of the molecule is COc1ccc(C=CC(=O)N2CCOC2)cc1. The standard InChI is InChI=1S/C13H15NO3/c1-16-12-5-2-11(3-6-12)4-7-13(15)14-8-9-17-10-14/h2-7H,8-10H2,1H3. The van der Waals surface area contributed by atoms with Gasteiger partial charge in [-0.3, -0.25) is 4.79 Å². The Hall–Kier alpha value is -1.81. The fraction of sp³-hybridized carbons (Fsp3) is 0.308. The molecule has 0 saturated carbocycles. The van der Waals surface area contributed by atoms with E-state index in [1.165, 1.54) is 0 Å². The highest BCUT2D eigenvalue weighted by molar-refractivity contribution is 5.91. The van der Waals surface area contributed by atoms with Gasteiger partial charge in [0.15, 0.2) is 0 Å². The highest BCUT2D eigenvalue weighted by atomic mass is 16.5. The van der Waals surface area contributed by atoms with Crippen LogP contribution in [0.25, 0.3) is 6.08 Å². The number of rotatable bonds is 3. The smallest absolute Gasteiger partial charge is 0.248 e. The van der Waals surface area contributed by atoms with Gasteiger partial charge in [0.2, 0.25) is 5.91 Å². The quantitative estimate of drug-likeness (QED) is 0.743. The summed E-state index contributed by atoms with van der Waals surface area (Å²) in [6.07, 6.45) is 3.36. The van der Waals surface area contributed by atoms with Crippen molar-refractivity contribution in [2.75, 3.05) is 27.0 Å². The summed E-state index contributed by atoms with van der Waals surface area (Å²) in [5.41, 5.74) is 0.972. The van der Waals surface area contributed by atoms with Crippen molar-refractivity contribution in [3.05, 3.63) is 35.9 Å². The molecule has 0 radical (unpaired) electrons. The third kappa shape index (κ3) is 3.07. The van der Waals surface area contributed by atoms with Gasteiger partial charge in [0, 0.05) is 12.6 Å². The van der Waals surface area contributed by atoms with Gasteiger partial charge in [-0.05, 0) is 23.8 Å². The molecule has 1 aromatic carbocycles. The van der Waals surface area contributed by atoms with Gasteiger partial charge in [-0.15, -0.1) is 0 Å². The van der Waals surface area contributed by atoms with E-state index in [0.717, 1.165) is 11.3 Å². The Morgan fingerprint density at radius 3 is 2.76 bits per heavy atom. The van der Waals surface area contributed by atoms with Gasteiger partial charge < -0.3 is 14.4 Å². The van der Waals surface area contributed by atoms with Crippen molar-refractivity contribution >= 4 is 12.0 Å². The number of benzene rings is 1. The lowest BCUT2D eigenvalue weighted by Gasteiger charge is -2.09. The fourth-order valence-corrected chi connectivity index (χ4v) is 1.58. The first-order chi connectivity index (χ1) is 8.29. The van der Waals surface area contributed by atoms with E-state index < -0.39 is 0 Å². The van der Waals surface area contributed by atoms with Crippen LogP contribution >= 0.6 is 0 Å². The van der Waals surface area contributed by atoms with Crippen molar-refractivity contribution in [3.63, 3.8) is 0 Å². The molecule has 90 valence electrons. The molecule has 1 aliphatic rings. The maximum Gasteiger partial charge on any atom is 0.248 e. The minimum atomic E-state index is -0.0154. The third-order valence-electron chi connectivity index (χ3n) is 2.60. The lowest BCUT2D eigenvalue weighted by Crippen LogP contribution is -2.26. The molecule has 0 aliphatic carbocycles. The zero-order valence-electron chi connectivity index (χ0n) is 9.76. The fourth-order valence-electron chi connectivity index (χ4n) is 1.58. The van der Waals surface area contributed by atoms with E-state index >= 15 is 0 Å². The molecular weight excluding hydrogens is 218 g/mol. The molecule has 0 N–H and O–H groups in total. The molecule has 1 aliphatic heterocycles. The average Bonchev–Trinajstić information content (AvgIpc) is 2.90. The van der Waals surface area contributed by atoms with E-state index in [2.05, 4.69) is 0 Å².